The molecule has 0 spiro atoms. The fourth-order valence-electron chi connectivity index (χ4n) is 3.63. The third kappa shape index (κ3) is 2.33. The van der Waals surface area contributed by atoms with Gasteiger partial charge in [0.05, 0.1) is 29.2 Å². The standard InChI is InChI=1S/C19H18N6O2S/c1-10(26)18-22-17-16(28-18)13-8-21-25(19(27)15(13)23(17)2)9-11-5-4-6-14-12(11)7-20-24(14)3/h4-8,10,26H,9H2,1-3H3. The molecule has 1 aromatic carbocycles. The van der Waals surface area contributed by atoms with Crippen LogP contribution in [0.25, 0.3) is 32.2 Å². The van der Waals surface area contributed by atoms with Gasteiger partial charge in [-0.1, -0.05) is 12.1 Å². The number of benzene rings is 1. The summed E-state index contributed by atoms with van der Waals surface area (Å²) in [5.74, 6) is 0. The van der Waals surface area contributed by atoms with Crippen LogP contribution in [-0.2, 0) is 20.6 Å². The quantitative estimate of drug-likeness (QED) is 0.507. The van der Waals surface area contributed by atoms with Crippen LogP contribution >= 0.6 is 11.3 Å². The summed E-state index contributed by atoms with van der Waals surface area (Å²) in [5.41, 5.74) is 3.11. The van der Waals surface area contributed by atoms with Crippen LogP contribution in [0.1, 0.15) is 23.6 Å². The van der Waals surface area contributed by atoms with Gasteiger partial charge in [0, 0.05) is 24.9 Å². The maximum atomic E-state index is 13.2. The summed E-state index contributed by atoms with van der Waals surface area (Å²) in [5, 5.41) is 20.9. The molecule has 4 heterocycles. The molecule has 8 nitrogen and oxygen atoms in total. The zero-order valence-corrected chi connectivity index (χ0v) is 16.4. The van der Waals surface area contributed by atoms with E-state index in [4.69, 9.17) is 0 Å². The van der Waals surface area contributed by atoms with Crippen LogP contribution in [0.4, 0.5) is 0 Å². The van der Waals surface area contributed by atoms with E-state index in [1.165, 1.54) is 16.0 Å². The Morgan fingerprint density at radius 1 is 1.18 bits per heavy atom. The first kappa shape index (κ1) is 17.1. The zero-order valence-electron chi connectivity index (χ0n) is 15.6. The smallest absolute Gasteiger partial charge is 0.291 e. The molecule has 0 saturated carbocycles. The van der Waals surface area contributed by atoms with Crippen molar-refractivity contribution in [3.05, 3.63) is 51.5 Å². The van der Waals surface area contributed by atoms with Crippen molar-refractivity contribution in [3.8, 4) is 0 Å². The molecule has 28 heavy (non-hydrogen) atoms. The molecule has 5 aromatic rings. The molecule has 0 aliphatic rings. The Morgan fingerprint density at radius 2 is 1.96 bits per heavy atom. The SMILES string of the molecule is CC(O)c1nc2c(s1)c1cnn(Cc3cccc4c3cnn4C)c(=O)c1n2C. The molecule has 0 amide bonds. The van der Waals surface area contributed by atoms with E-state index in [2.05, 4.69) is 15.2 Å². The van der Waals surface area contributed by atoms with E-state index in [1.807, 2.05) is 43.2 Å². The van der Waals surface area contributed by atoms with Crippen molar-refractivity contribution in [2.24, 2.45) is 14.1 Å². The van der Waals surface area contributed by atoms with Crippen molar-refractivity contribution in [1.82, 2.24) is 29.1 Å². The maximum Gasteiger partial charge on any atom is 0.291 e. The summed E-state index contributed by atoms with van der Waals surface area (Å²) in [6, 6.07) is 5.95. The van der Waals surface area contributed by atoms with Gasteiger partial charge in [0.25, 0.3) is 5.56 Å². The van der Waals surface area contributed by atoms with Gasteiger partial charge in [-0.25, -0.2) is 9.67 Å². The Hall–Kier alpha value is -3.04. The monoisotopic (exact) mass is 394 g/mol. The largest absolute Gasteiger partial charge is 0.386 e. The molecule has 0 aliphatic heterocycles. The summed E-state index contributed by atoms with van der Waals surface area (Å²) >= 11 is 1.40. The van der Waals surface area contributed by atoms with Gasteiger partial charge in [0.15, 0.2) is 5.65 Å². The molecule has 142 valence electrons. The molecule has 1 N–H and O–H groups in total. The van der Waals surface area contributed by atoms with Crippen molar-refractivity contribution < 1.29 is 5.11 Å². The van der Waals surface area contributed by atoms with E-state index in [-0.39, 0.29) is 5.56 Å². The predicted octanol–water partition coefficient (Wildman–Crippen LogP) is 2.33. The lowest BCUT2D eigenvalue weighted by Crippen LogP contribution is -2.24. The van der Waals surface area contributed by atoms with E-state index in [0.717, 1.165) is 26.6 Å². The minimum absolute atomic E-state index is 0.162. The highest BCUT2D eigenvalue weighted by Gasteiger charge is 2.20. The molecule has 1 unspecified atom stereocenters. The first-order valence-electron chi connectivity index (χ1n) is 8.88. The summed E-state index contributed by atoms with van der Waals surface area (Å²) in [6.45, 7) is 2.05. The highest BCUT2D eigenvalue weighted by Crippen LogP contribution is 2.33. The van der Waals surface area contributed by atoms with Crippen LogP contribution in [0.5, 0.6) is 0 Å². The molecule has 0 bridgehead atoms. The van der Waals surface area contributed by atoms with Crippen LogP contribution < -0.4 is 5.56 Å². The highest BCUT2D eigenvalue weighted by molar-refractivity contribution is 7.19. The molecule has 5 rings (SSSR count). The molecular weight excluding hydrogens is 376 g/mol. The van der Waals surface area contributed by atoms with Crippen molar-refractivity contribution >= 4 is 43.5 Å². The van der Waals surface area contributed by atoms with Crippen LogP contribution in [0.3, 0.4) is 0 Å². The number of hydrogen-bond donors (Lipinski definition) is 1. The molecule has 0 saturated heterocycles. The summed E-state index contributed by atoms with van der Waals surface area (Å²) in [7, 11) is 3.72. The van der Waals surface area contributed by atoms with Crippen LogP contribution in [0.15, 0.2) is 35.4 Å². The molecule has 0 radical (unpaired) electrons. The van der Waals surface area contributed by atoms with Crippen molar-refractivity contribution in [2.45, 2.75) is 19.6 Å². The fraction of sp³-hybridized carbons (Fsp3) is 0.263. The topological polar surface area (TPSA) is 90.8 Å². The van der Waals surface area contributed by atoms with Gasteiger partial charge in [-0.3, -0.25) is 9.48 Å². The van der Waals surface area contributed by atoms with Crippen molar-refractivity contribution in [1.29, 1.82) is 0 Å². The number of aromatic nitrogens is 6. The number of aryl methyl sites for hydroxylation is 2. The van der Waals surface area contributed by atoms with Crippen molar-refractivity contribution in [3.63, 3.8) is 0 Å². The number of fused-ring (bicyclic) bond motifs is 4. The van der Waals surface area contributed by atoms with E-state index >= 15 is 0 Å². The molecule has 4 aromatic heterocycles. The number of aliphatic hydroxyl groups is 1. The molecule has 9 heteroatoms. The number of hydrogen-bond acceptors (Lipinski definition) is 6. The van der Waals surface area contributed by atoms with E-state index in [0.29, 0.717) is 22.7 Å². The van der Waals surface area contributed by atoms with Crippen molar-refractivity contribution in [2.75, 3.05) is 0 Å². The van der Waals surface area contributed by atoms with Gasteiger partial charge in [-0.2, -0.15) is 10.2 Å². The van der Waals surface area contributed by atoms with Crippen LogP contribution in [0, 0.1) is 0 Å². The predicted molar refractivity (Wildman–Crippen MR) is 109 cm³/mol. The van der Waals surface area contributed by atoms with Crippen LogP contribution in [0.2, 0.25) is 0 Å². The maximum absolute atomic E-state index is 13.2. The van der Waals surface area contributed by atoms with Gasteiger partial charge in [0.2, 0.25) is 0 Å². The van der Waals surface area contributed by atoms with Crippen LogP contribution in [-0.4, -0.2) is 34.2 Å². The first-order valence-corrected chi connectivity index (χ1v) is 9.70. The normalized spacial score (nSPS) is 13.1. The lowest BCUT2D eigenvalue weighted by atomic mass is 10.1. The average molecular weight is 394 g/mol. The molecule has 1 atom stereocenters. The fourth-order valence-corrected chi connectivity index (χ4v) is 4.68. The number of aliphatic hydroxyl groups excluding tert-OH is 1. The summed E-state index contributed by atoms with van der Waals surface area (Å²) in [6.07, 6.45) is 2.89. The minimum atomic E-state index is -0.638. The third-order valence-corrected chi connectivity index (χ3v) is 6.35. The highest BCUT2D eigenvalue weighted by atomic mass is 32.1. The Balaban J connectivity index is 1.67. The van der Waals surface area contributed by atoms with Gasteiger partial charge in [0.1, 0.15) is 16.6 Å². The van der Waals surface area contributed by atoms with E-state index in [1.54, 1.807) is 17.7 Å². The zero-order chi connectivity index (χ0) is 19.6. The number of thiazole rings is 1. The molecule has 0 aliphatic carbocycles. The lowest BCUT2D eigenvalue weighted by Gasteiger charge is -2.07. The van der Waals surface area contributed by atoms with Gasteiger partial charge >= 0.3 is 0 Å². The number of nitrogens with zero attached hydrogens (tertiary/aromatic N) is 6. The second kappa shape index (κ2) is 5.98. The van der Waals surface area contributed by atoms with E-state index < -0.39 is 6.10 Å². The Bertz CT molecular complexity index is 1420. The Morgan fingerprint density at radius 3 is 2.75 bits per heavy atom. The minimum Gasteiger partial charge on any atom is -0.386 e. The second-order valence-electron chi connectivity index (χ2n) is 6.93. The van der Waals surface area contributed by atoms with Gasteiger partial charge in [-0.15, -0.1) is 11.3 Å². The average Bonchev–Trinajstić information content (AvgIpc) is 3.34. The Kier molecular flexibility index (Phi) is 3.65. The van der Waals surface area contributed by atoms with Gasteiger partial charge in [-0.05, 0) is 18.6 Å². The summed E-state index contributed by atoms with van der Waals surface area (Å²) in [4.78, 5) is 17.7. The first-order chi connectivity index (χ1) is 13.5. The Labute approximate surface area is 163 Å². The third-order valence-electron chi connectivity index (χ3n) is 5.10. The second-order valence-corrected chi connectivity index (χ2v) is 7.96. The lowest BCUT2D eigenvalue weighted by molar-refractivity contribution is 0.199. The molecule has 0 fully saturated rings. The summed E-state index contributed by atoms with van der Waals surface area (Å²) < 4.78 is 5.95. The molecular formula is C19H18N6O2S. The number of rotatable bonds is 3. The van der Waals surface area contributed by atoms with E-state index in [9.17, 15) is 9.90 Å². The van der Waals surface area contributed by atoms with Gasteiger partial charge < -0.3 is 9.67 Å².